The van der Waals surface area contributed by atoms with Crippen LogP contribution in [0.15, 0.2) is 61.9 Å². The number of esters is 1. The Morgan fingerprint density at radius 1 is 1.26 bits per heavy atom. The van der Waals surface area contributed by atoms with E-state index >= 15 is 0 Å². The van der Waals surface area contributed by atoms with Crippen LogP contribution < -0.4 is 19.6 Å². The van der Waals surface area contributed by atoms with E-state index in [4.69, 9.17) is 13.9 Å². The molecule has 1 aliphatic heterocycles. The van der Waals surface area contributed by atoms with Crippen molar-refractivity contribution in [3.63, 3.8) is 0 Å². The molecule has 0 saturated heterocycles. The largest absolute Gasteiger partial charge is 0.496 e. The van der Waals surface area contributed by atoms with Gasteiger partial charge in [0.25, 0.3) is 5.56 Å². The highest BCUT2D eigenvalue weighted by Crippen LogP contribution is 2.35. The van der Waals surface area contributed by atoms with Crippen molar-refractivity contribution in [3.8, 4) is 5.75 Å². The van der Waals surface area contributed by atoms with Crippen LogP contribution in [0.2, 0.25) is 0 Å². The molecule has 3 aromatic rings. The Labute approximate surface area is 182 Å². The zero-order chi connectivity index (χ0) is 22.1. The Balaban J connectivity index is 2.00. The Kier molecular flexibility index (Phi) is 5.65. The number of aromatic nitrogens is 1. The molecule has 0 fully saturated rings. The molecular weight excluding hydrogens is 416 g/mol. The number of ether oxygens (including phenoxy) is 2. The van der Waals surface area contributed by atoms with E-state index in [2.05, 4.69) is 4.99 Å². The molecule has 0 unspecified atom stereocenters. The van der Waals surface area contributed by atoms with Gasteiger partial charge in [0.1, 0.15) is 23.3 Å². The third-order valence-corrected chi connectivity index (χ3v) is 5.97. The zero-order valence-corrected chi connectivity index (χ0v) is 18.5. The summed E-state index contributed by atoms with van der Waals surface area (Å²) in [5, 5.41) is 0. The summed E-state index contributed by atoms with van der Waals surface area (Å²) in [7, 11) is 1.56. The van der Waals surface area contributed by atoms with Gasteiger partial charge in [-0.25, -0.2) is 9.79 Å². The van der Waals surface area contributed by atoms with E-state index in [1.165, 1.54) is 15.9 Å². The second-order valence-electron chi connectivity index (χ2n) is 6.99. The highest BCUT2D eigenvalue weighted by Gasteiger charge is 2.34. The topological polar surface area (TPSA) is 83.0 Å². The lowest BCUT2D eigenvalue weighted by molar-refractivity contribution is -0.139. The minimum Gasteiger partial charge on any atom is -0.496 e. The van der Waals surface area contributed by atoms with Gasteiger partial charge in [-0.3, -0.25) is 9.36 Å². The predicted octanol–water partition coefficient (Wildman–Crippen LogP) is 2.71. The predicted molar refractivity (Wildman–Crippen MR) is 117 cm³/mol. The van der Waals surface area contributed by atoms with Crippen LogP contribution in [0.3, 0.4) is 0 Å². The molecule has 31 heavy (non-hydrogen) atoms. The quantitative estimate of drug-likeness (QED) is 0.572. The van der Waals surface area contributed by atoms with Crippen LogP contribution >= 0.6 is 11.3 Å². The lowest BCUT2D eigenvalue weighted by Gasteiger charge is -2.25. The summed E-state index contributed by atoms with van der Waals surface area (Å²) in [6.07, 6.45) is 1.69. The molecule has 0 bridgehead atoms. The van der Waals surface area contributed by atoms with Crippen LogP contribution in [0.1, 0.15) is 37.0 Å². The maximum Gasteiger partial charge on any atom is 0.338 e. The van der Waals surface area contributed by atoms with Crippen molar-refractivity contribution in [3.05, 3.63) is 84.4 Å². The van der Waals surface area contributed by atoms with Crippen molar-refractivity contribution in [2.45, 2.75) is 26.8 Å². The normalized spacial score (nSPS) is 16.1. The number of furan rings is 1. The molecule has 0 saturated carbocycles. The molecule has 0 amide bonds. The molecule has 7 nitrogen and oxygen atoms in total. The molecule has 160 valence electrons. The fraction of sp³-hybridized carbons (Fsp3) is 0.261. The van der Waals surface area contributed by atoms with E-state index in [0.29, 0.717) is 37.7 Å². The summed E-state index contributed by atoms with van der Waals surface area (Å²) in [4.78, 5) is 31.4. The Hall–Kier alpha value is -3.39. The lowest BCUT2D eigenvalue weighted by atomic mass is 9.95. The van der Waals surface area contributed by atoms with Crippen LogP contribution in [0, 0.1) is 6.92 Å². The van der Waals surface area contributed by atoms with Crippen LogP contribution in [-0.4, -0.2) is 24.3 Å². The number of thiazole rings is 1. The van der Waals surface area contributed by atoms with Crippen LogP contribution in [0.4, 0.5) is 0 Å². The summed E-state index contributed by atoms with van der Waals surface area (Å²) < 4.78 is 18.4. The van der Waals surface area contributed by atoms with Crippen molar-refractivity contribution in [2.75, 3.05) is 13.7 Å². The molecule has 0 N–H and O–H groups in total. The van der Waals surface area contributed by atoms with Gasteiger partial charge in [-0.1, -0.05) is 29.5 Å². The number of aryl methyl sites for hydroxylation is 1. The molecule has 0 radical (unpaired) electrons. The number of hydrogen-bond donors (Lipinski definition) is 0. The monoisotopic (exact) mass is 438 g/mol. The Morgan fingerprint density at radius 3 is 2.71 bits per heavy atom. The van der Waals surface area contributed by atoms with Gasteiger partial charge in [0, 0.05) is 11.6 Å². The van der Waals surface area contributed by atoms with E-state index in [1.54, 1.807) is 39.2 Å². The Morgan fingerprint density at radius 2 is 2.03 bits per heavy atom. The van der Waals surface area contributed by atoms with E-state index in [-0.39, 0.29) is 12.2 Å². The van der Waals surface area contributed by atoms with Crippen molar-refractivity contribution in [2.24, 2.45) is 4.99 Å². The summed E-state index contributed by atoms with van der Waals surface area (Å²) in [6, 6.07) is 10.3. The van der Waals surface area contributed by atoms with Gasteiger partial charge in [-0.2, -0.15) is 0 Å². The minimum atomic E-state index is -0.716. The fourth-order valence-corrected chi connectivity index (χ4v) is 4.66. The van der Waals surface area contributed by atoms with Gasteiger partial charge in [-0.05, 0) is 39.0 Å². The van der Waals surface area contributed by atoms with Crippen LogP contribution in [0.5, 0.6) is 5.75 Å². The maximum atomic E-state index is 13.5. The third-order valence-electron chi connectivity index (χ3n) is 4.99. The summed E-state index contributed by atoms with van der Waals surface area (Å²) >= 11 is 1.25. The van der Waals surface area contributed by atoms with Gasteiger partial charge in [0.05, 0.1) is 29.5 Å². The second-order valence-corrected chi connectivity index (χ2v) is 8.00. The SMILES string of the molecule is CCOC(=O)C1=C(C)N=c2s/c(=C/c3ccc(C)o3)c(=O)n2[C@H]1c1ccccc1OC. The van der Waals surface area contributed by atoms with Gasteiger partial charge in [0.2, 0.25) is 0 Å². The molecule has 3 heterocycles. The highest BCUT2D eigenvalue weighted by molar-refractivity contribution is 7.07. The minimum absolute atomic E-state index is 0.219. The standard InChI is InChI=1S/C23H22N2O5S/c1-5-29-22(27)19-14(3)24-23-25(20(19)16-8-6-7-9-17(16)28-4)21(26)18(31-23)12-15-11-10-13(2)30-15/h6-12,20H,5H2,1-4H3/b18-12+/t20-/m0/s1. The molecule has 1 atom stereocenters. The smallest absolute Gasteiger partial charge is 0.338 e. The van der Waals surface area contributed by atoms with E-state index in [9.17, 15) is 9.59 Å². The highest BCUT2D eigenvalue weighted by atomic mass is 32.1. The zero-order valence-electron chi connectivity index (χ0n) is 17.7. The summed E-state index contributed by atoms with van der Waals surface area (Å²) in [5.74, 6) is 1.40. The molecule has 1 aromatic carbocycles. The number of fused-ring (bicyclic) bond motifs is 1. The van der Waals surface area contributed by atoms with Crippen molar-refractivity contribution >= 4 is 23.4 Å². The fourth-order valence-electron chi connectivity index (χ4n) is 3.64. The first-order valence-electron chi connectivity index (χ1n) is 9.83. The number of para-hydroxylation sites is 1. The second kappa shape index (κ2) is 8.39. The molecule has 0 aliphatic carbocycles. The molecule has 1 aliphatic rings. The number of rotatable bonds is 5. The summed E-state index contributed by atoms with van der Waals surface area (Å²) in [5.41, 5.74) is 1.25. The molecule has 0 spiro atoms. The molecule has 2 aromatic heterocycles. The van der Waals surface area contributed by atoms with Crippen LogP contribution in [-0.2, 0) is 9.53 Å². The van der Waals surface area contributed by atoms with Crippen LogP contribution in [0.25, 0.3) is 6.08 Å². The third kappa shape index (κ3) is 3.74. The van der Waals surface area contributed by atoms with Crippen molar-refractivity contribution < 1.29 is 18.7 Å². The van der Waals surface area contributed by atoms with Gasteiger partial charge >= 0.3 is 5.97 Å². The van der Waals surface area contributed by atoms with Gasteiger partial charge in [0.15, 0.2) is 4.80 Å². The average molecular weight is 439 g/mol. The number of methoxy groups -OCH3 is 1. The maximum absolute atomic E-state index is 13.5. The lowest BCUT2D eigenvalue weighted by Crippen LogP contribution is -2.40. The number of nitrogens with zero attached hydrogens (tertiary/aromatic N) is 2. The molecular formula is C23H22N2O5S. The number of allylic oxidation sites excluding steroid dienone is 1. The van der Waals surface area contributed by atoms with Gasteiger partial charge < -0.3 is 13.9 Å². The van der Waals surface area contributed by atoms with E-state index in [0.717, 1.165) is 5.76 Å². The molecule has 8 heteroatoms. The Bertz CT molecular complexity index is 1360. The van der Waals surface area contributed by atoms with E-state index < -0.39 is 12.0 Å². The first-order chi connectivity index (χ1) is 14.9. The summed E-state index contributed by atoms with van der Waals surface area (Å²) in [6.45, 7) is 5.56. The number of hydrogen-bond acceptors (Lipinski definition) is 7. The van der Waals surface area contributed by atoms with Crippen molar-refractivity contribution in [1.82, 2.24) is 4.57 Å². The molecule has 4 rings (SSSR count). The first kappa shape index (κ1) is 20.9. The number of carbonyl (C=O) groups is 1. The number of benzene rings is 1. The van der Waals surface area contributed by atoms with E-state index in [1.807, 2.05) is 31.2 Å². The first-order valence-corrected chi connectivity index (χ1v) is 10.6. The average Bonchev–Trinajstić information content (AvgIpc) is 3.29. The van der Waals surface area contributed by atoms with Crippen molar-refractivity contribution in [1.29, 1.82) is 0 Å². The number of carbonyl (C=O) groups excluding carboxylic acids is 1. The van der Waals surface area contributed by atoms with Gasteiger partial charge in [-0.15, -0.1) is 0 Å².